The van der Waals surface area contributed by atoms with Gasteiger partial charge in [-0.05, 0) is 22.0 Å². The molecule has 0 atom stereocenters. The van der Waals surface area contributed by atoms with Crippen LogP contribution in [0.2, 0.25) is 0 Å². The first-order valence-electron chi connectivity index (χ1n) is 5.77. The number of aryl methyl sites for hydroxylation is 1. The predicted octanol–water partition coefficient (Wildman–Crippen LogP) is 0.681. The first-order chi connectivity index (χ1) is 9.40. The number of hydrogen-bond acceptors (Lipinski definition) is 5. The third-order valence-electron chi connectivity index (χ3n) is 2.70. The second-order valence-corrected chi connectivity index (χ2v) is 6.79. The van der Waals surface area contributed by atoms with Crippen LogP contribution in [0.4, 0.5) is 5.82 Å². The highest BCUT2D eigenvalue weighted by Gasteiger charge is 2.18. The molecular formula is C11H14BrN5O2S. The van der Waals surface area contributed by atoms with Gasteiger partial charge in [0.2, 0.25) is 10.0 Å². The van der Waals surface area contributed by atoms with Gasteiger partial charge in [0.05, 0.1) is 0 Å². The quantitative estimate of drug-likeness (QED) is 0.816. The Morgan fingerprint density at radius 2 is 2.20 bits per heavy atom. The minimum atomic E-state index is -3.68. The van der Waals surface area contributed by atoms with Crippen molar-refractivity contribution in [2.24, 2.45) is 7.05 Å². The zero-order valence-corrected chi connectivity index (χ0v) is 13.1. The van der Waals surface area contributed by atoms with Gasteiger partial charge in [0.25, 0.3) is 0 Å². The van der Waals surface area contributed by atoms with E-state index < -0.39 is 10.0 Å². The lowest BCUT2D eigenvalue weighted by Gasteiger charge is -2.08. The van der Waals surface area contributed by atoms with Crippen LogP contribution in [0.5, 0.6) is 0 Å². The summed E-state index contributed by atoms with van der Waals surface area (Å²) in [6.07, 6.45) is 5.41. The fourth-order valence-electron chi connectivity index (χ4n) is 1.66. The number of aromatic nitrogens is 3. The molecule has 2 rings (SSSR count). The summed E-state index contributed by atoms with van der Waals surface area (Å²) >= 11 is 3.17. The molecule has 3 N–H and O–H groups in total. The number of pyridine rings is 1. The Bertz CT molecular complexity index is 713. The fourth-order valence-corrected chi connectivity index (χ4v) is 3.28. The Hall–Kier alpha value is -1.45. The van der Waals surface area contributed by atoms with Crippen LogP contribution >= 0.6 is 15.9 Å². The molecule has 9 heteroatoms. The molecule has 0 fully saturated rings. The monoisotopic (exact) mass is 359 g/mol. The first-order valence-corrected chi connectivity index (χ1v) is 8.04. The van der Waals surface area contributed by atoms with E-state index in [0.29, 0.717) is 10.9 Å². The highest BCUT2D eigenvalue weighted by Crippen LogP contribution is 2.20. The lowest BCUT2D eigenvalue weighted by Crippen LogP contribution is -2.27. The van der Waals surface area contributed by atoms with Crippen molar-refractivity contribution in [2.75, 3.05) is 12.3 Å². The van der Waals surface area contributed by atoms with Crippen LogP contribution < -0.4 is 10.5 Å². The highest BCUT2D eigenvalue weighted by molar-refractivity contribution is 9.10. The number of hydrogen-bond donors (Lipinski definition) is 2. The van der Waals surface area contributed by atoms with E-state index in [2.05, 4.69) is 30.6 Å². The van der Waals surface area contributed by atoms with E-state index in [1.807, 2.05) is 11.6 Å². The highest BCUT2D eigenvalue weighted by atomic mass is 79.9. The van der Waals surface area contributed by atoms with Crippen molar-refractivity contribution in [1.29, 1.82) is 0 Å². The van der Waals surface area contributed by atoms with Crippen molar-refractivity contribution in [3.8, 4) is 0 Å². The van der Waals surface area contributed by atoms with E-state index in [4.69, 9.17) is 5.73 Å². The number of nitrogens with two attached hydrogens (primary N) is 1. The van der Waals surface area contributed by atoms with Crippen LogP contribution in [0, 0.1) is 0 Å². The minimum Gasteiger partial charge on any atom is -0.383 e. The summed E-state index contributed by atoms with van der Waals surface area (Å²) in [5, 5.41) is 0. The third-order valence-corrected chi connectivity index (χ3v) is 4.62. The number of nitrogen functional groups attached to an aromatic ring is 1. The second kappa shape index (κ2) is 5.90. The van der Waals surface area contributed by atoms with Gasteiger partial charge in [-0.1, -0.05) is 0 Å². The number of sulfonamides is 1. The number of imidazole rings is 1. The van der Waals surface area contributed by atoms with Gasteiger partial charge in [0.1, 0.15) is 16.5 Å². The molecule has 0 unspecified atom stereocenters. The Morgan fingerprint density at radius 3 is 2.85 bits per heavy atom. The van der Waals surface area contributed by atoms with Crippen molar-refractivity contribution in [3.05, 3.63) is 35.0 Å². The van der Waals surface area contributed by atoms with Gasteiger partial charge >= 0.3 is 0 Å². The molecule has 0 spiro atoms. The van der Waals surface area contributed by atoms with E-state index in [9.17, 15) is 8.42 Å². The van der Waals surface area contributed by atoms with Crippen LogP contribution in [-0.4, -0.2) is 29.5 Å². The fraction of sp³-hybridized carbons (Fsp3) is 0.273. The summed E-state index contributed by atoms with van der Waals surface area (Å²) in [6, 6.07) is 1.42. The molecule has 2 aromatic heterocycles. The van der Waals surface area contributed by atoms with E-state index in [-0.39, 0.29) is 17.3 Å². The molecule has 0 radical (unpaired) electrons. The molecule has 0 aliphatic rings. The summed E-state index contributed by atoms with van der Waals surface area (Å²) in [5.41, 5.74) is 5.60. The maximum atomic E-state index is 12.1. The number of anilines is 1. The van der Waals surface area contributed by atoms with E-state index >= 15 is 0 Å². The van der Waals surface area contributed by atoms with Crippen LogP contribution in [0.25, 0.3) is 0 Å². The summed E-state index contributed by atoms with van der Waals surface area (Å²) in [6.45, 7) is 0.235. The van der Waals surface area contributed by atoms with E-state index in [1.165, 1.54) is 12.3 Å². The van der Waals surface area contributed by atoms with E-state index in [1.54, 1.807) is 12.4 Å². The number of nitrogens with zero attached hydrogens (tertiary/aromatic N) is 3. The molecule has 0 bridgehead atoms. The smallest absolute Gasteiger partial charge is 0.244 e. The minimum absolute atomic E-state index is 0.0299. The summed E-state index contributed by atoms with van der Waals surface area (Å²) in [7, 11) is -1.83. The van der Waals surface area contributed by atoms with Crippen molar-refractivity contribution < 1.29 is 8.42 Å². The maximum Gasteiger partial charge on any atom is 0.244 e. The molecule has 0 aliphatic heterocycles. The Kier molecular flexibility index (Phi) is 4.41. The van der Waals surface area contributed by atoms with Gasteiger partial charge < -0.3 is 10.3 Å². The molecule has 0 aromatic carbocycles. The molecule has 0 saturated carbocycles. The normalized spacial score (nSPS) is 11.7. The van der Waals surface area contributed by atoms with Crippen LogP contribution in [0.15, 0.2) is 34.0 Å². The topological polar surface area (TPSA) is 103 Å². The van der Waals surface area contributed by atoms with Gasteiger partial charge in [0, 0.05) is 43.1 Å². The van der Waals surface area contributed by atoms with Crippen LogP contribution in [-0.2, 0) is 23.5 Å². The van der Waals surface area contributed by atoms with E-state index in [0.717, 1.165) is 5.82 Å². The zero-order valence-electron chi connectivity index (χ0n) is 10.7. The van der Waals surface area contributed by atoms with Crippen molar-refractivity contribution >= 4 is 31.8 Å². The molecule has 7 nitrogen and oxygen atoms in total. The zero-order chi connectivity index (χ0) is 14.8. The van der Waals surface area contributed by atoms with Gasteiger partial charge in [-0.2, -0.15) is 0 Å². The number of halogens is 1. The third kappa shape index (κ3) is 3.35. The Balaban J connectivity index is 2.08. The van der Waals surface area contributed by atoms with Gasteiger partial charge in [-0.25, -0.2) is 23.1 Å². The SMILES string of the molecule is Cn1ccnc1CCNS(=O)(=O)c1cc(Br)cnc1N. The lowest BCUT2D eigenvalue weighted by molar-refractivity contribution is 0.580. The number of nitrogens with one attached hydrogen (secondary N) is 1. The molecule has 0 aliphatic carbocycles. The lowest BCUT2D eigenvalue weighted by atomic mass is 10.4. The average molecular weight is 360 g/mol. The van der Waals surface area contributed by atoms with Crippen molar-refractivity contribution in [3.63, 3.8) is 0 Å². The Morgan fingerprint density at radius 1 is 1.45 bits per heavy atom. The van der Waals surface area contributed by atoms with Crippen molar-refractivity contribution in [2.45, 2.75) is 11.3 Å². The van der Waals surface area contributed by atoms with Crippen LogP contribution in [0.3, 0.4) is 0 Å². The predicted molar refractivity (Wildman–Crippen MR) is 78.4 cm³/mol. The van der Waals surface area contributed by atoms with Gasteiger partial charge in [-0.15, -0.1) is 0 Å². The Labute approximate surface area is 125 Å². The molecule has 2 aromatic rings. The molecule has 108 valence electrons. The van der Waals surface area contributed by atoms with Crippen LogP contribution in [0.1, 0.15) is 5.82 Å². The summed E-state index contributed by atoms with van der Waals surface area (Å²) in [4.78, 5) is 7.90. The average Bonchev–Trinajstić information content (AvgIpc) is 2.78. The molecular weight excluding hydrogens is 346 g/mol. The largest absolute Gasteiger partial charge is 0.383 e. The standard InChI is InChI=1S/C11H14BrN5O2S/c1-17-5-4-14-10(17)2-3-16-20(18,19)9-6-8(12)7-15-11(9)13/h4-7,16H,2-3H2,1H3,(H2,13,15). The van der Waals surface area contributed by atoms with Crippen molar-refractivity contribution in [1.82, 2.24) is 19.3 Å². The summed E-state index contributed by atoms with van der Waals surface area (Å²) < 4.78 is 29.2. The van der Waals surface area contributed by atoms with Gasteiger partial charge in [0.15, 0.2) is 0 Å². The second-order valence-electron chi connectivity index (χ2n) is 4.14. The molecule has 20 heavy (non-hydrogen) atoms. The maximum absolute atomic E-state index is 12.1. The van der Waals surface area contributed by atoms with Gasteiger partial charge in [-0.3, -0.25) is 0 Å². The summed E-state index contributed by atoms with van der Waals surface area (Å²) in [5.74, 6) is 0.769. The first kappa shape index (κ1) is 14.9. The molecule has 0 amide bonds. The number of rotatable bonds is 5. The molecule has 2 heterocycles. The molecule has 0 saturated heterocycles.